The zero-order valence-electron chi connectivity index (χ0n) is 11.4. The van der Waals surface area contributed by atoms with Crippen LogP contribution in [0.3, 0.4) is 0 Å². The van der Waals surface area contributed by atoms with Gasteiger partial charge in [0, 0.05) is 23.2 Å². The molecule has 0 aliphatic rings. The molecule has 0 aliphatic carbocycles. The molecule has 0 heterocycles. The monoisotopic (exact) mass is 277 g/mol. The largest absolute Gasteiger partial charge is 0.508 e. The highest BCUT2D eigenvalue weighted by atomic mass is 19.1. The summed E-state index contributed by atoms with van der Waals surface area (Å²) in [6, 6.07) is 9.97. The van der Waals surface area contributed by atoms with Crippen molar-refractivity contribution < 1.29 is 13.9 Å². The van der Waals surface area contributed by atoms with E-state index < -0.39 is 17.7 Å². The molecule has 2 aromatic rings. The highest BCUT2D eigenvalue weighted by molar-refractivity contribution is 5.34. The van der Waals surface area contributed by atoms with Crippen molar-refractivity contribution in [2.24, 2.45) is 0 Å². The first kappa shape index (κ1) is 14.5. The van der Waals surface area contributed by atoms with Crippen molar-refractivity contribution in [2.75, 3.05) is 0 Å². The number of hydrogen-bond acceptors (Lipinski definition) is 2. The van der Waals surface area contributed by atoms with E-state index in [0.717, 1.165) is 0 Å². The van der Waals surface area contributed by atoms with Gasteiger partial charge in [0.1, 0.15) is 17.4 Å². The number of rotatable bonds is 4. The van der Waals surface area contributed by atoms with Crippen molar-refractivity contribution in [3.63, 3.8) is 0 Å². The predicted molar refractivity (Wildman–Crippen MR) is 74.4 cm³/mol. The molecular weight excluding hydrogens is 260 g/mol. The van der Waals surface area contributed by atoms with Gasteiger partial charge in [-0.25, -0.2) is 8.78 Å². The lowest BCUT2D eigenvalue weighted by Crippen LogP contribution is -2.24. The Morgan fingerprint density at radius 3 is 2.10 bits per heavy atom. The fraction of sp³-hybridized carbons (Fsp3) is 0.250. The van der Waals surface area contributed by atoms with Gasteiger partial charge in [0.15, 0.2) is 0 Å². The van der Waals surface area contributed by atoms with Crippen molar-refractivity contribution in [1.82, 2.24) is 5.32 Å². The van der Waals surface area contributed by atoms with Crippen LogP contribution in [0.1, 0.15) is 37.1 Å². The number of phenols is 1. The molecule has 20 heavy (non-hydrogen) atoms. The molecule has 0 amide bonds. The second-order valence-corrected chi connectivity index (χ2v) is 4.80. The van der Waals surface area contributed by atoms with Crippen molar-refractivity contribution in [2.45, 2.75) is 25.9 Å². The Morgan fingerprint density at radius 1 is 0.900 bits per heavy atom. The van der Waals surface area contributed by atoms with Crippen molar-refractivity contribution >= 4 is 0 Å². The Labute approximate surface area is 117 Å². The molecule has 106 valence electrons. The minimum atomic E-state index is -0.575. The lowest BCUT2D eigenvalue weighted by Gasteiger charge is -2.22. The maximum Gasteiger partial charge on any atom is 0.130 e. The lowest BCUT2D eigenvalue weighted by atomic mass is 10.0. The van der Waals surface area contributed by atoms with Crippen LogP contribution in [-0.4, -0.2) is 5.11 Å². The van der Waals surface area contributed by atoms with Crippen molar-refractivity contribution in [3.05, 3.63) is 65.2 Å². The molecule has 4 heteroatoms. The second-order valence-electron chi connectivity index (χ2n) is 4.80. The minimum absolute atomic E-state index is 0.00905. The van der Waals surface area contributed by atoms with Crippen molar-refractivity contribution in [3.8, 4) is 5.75 Å². The maximum atomic E-state index is 13.7. The normalized spacial score (nSPS) is 14.0. The van der Waals surface area contributed by atoms with Gasteiger partial charge in [-0.05, 0) is 32.0 Å². The van der Waals surface area contributed by atoms with E-state index in [1.165, 1.54) is 18.2 Å². The Balaban J connectivity index is 2.20. The SMILES string of the molecule is CC(NC(C)c1c(F)cccc1F)c1ccccc1O. The van der Waals surface area contributed by atoms with E-state index in [1.807, 2.05) is 13.0 Å². The molecule has 2 rings (SSSR count). The van der Waals surface area contributed by atoms with Crippen LogP contribution in [-0.2, 0) is 0 Å². The number of aromatic hydroxyl groups is 1. The summed E-state index contributed by atoms with van der Waals surface area (Å²) in [5.41, 5.74) is 0.700. The molecule has 0 saturated heterocycles. The molecule has 0 saturated carbocycles. The third kappa shape index (κ3) is 2.96. The van der Waals surface area contributed by atoms with Crippen LogP contribution < -0.4 is 5.32 Å². The van der Waals surface area contributed by atoms with Crippen LogP contribution in [0, 0.1) is 11.6 Å². The van der Waals surface area contributed by atoms with Gasteiger partial charge in [0.2, 0.25) is 0 Å². The summed E-state index contributed by atoms with van der Waals surface area (Å²) in [4.78, 5) is 0. The molecule has 0 bridgehead atoms. The number of hydrogen-bond donors (Lipinski definition) is 2. The smallest absolute Gasteiger partial charge is 0.130 e. The first-order valence-corrected chi connectivity index (χ1v) is 6.48. The first-order chi connectivity index (χ1) is 9.50. The Morgan fingerprint density at radius 2 is 1.50 bits per heavy atom. The third-order valence-corrected chi connectivity index (χ3v) is 3.34. The quantitative estimate of drug-likeness (QED) is 0.882. The summed E-state index contributed by atoms with van der Waals surface area (Å²) in [7, 11) is 0. The first-order valence-electron chi connectivity index (χ1n) is 6.48. The summed E-state index contributed by atoms with van der Waals surface area (Å²) < 4.78 is 27.4. The van der Waals surface area contributed by atoms with Gasteiger partial charge in [-0.3, -0.25) is 0 Å². The molecule has 0 fully saturated rings. The van der Waals surface area contributed by atoms with E-state index in [0.29, 0.717) is 5.56 Å². The van der Waals surface area contributed by atoms with E-state index in [1.54, 1.807) is 25.1 Å². The van der Waals surface area contributed by atoms with Crippen LogP contribution >= 0.6 is 0 Å². The molecule has 2 unspecified atom stereocenters. The van der Waals surface area contributed by atoms with Crippen LogP contribution in [0.2, 0.25) is 0 Å². The average Bonchev–Trinajstić information content (AvgIpc) is 2.38. The third-order valence-electron chi connectivity index (χ3n) is 3.34. The average molecular weight is 277 g/mol. The standard InChI is InChI=1S/C16H17F2NO/c1-10(12-6-3-4-9-15(12)20)19-11(2)16-13(17)7-5-8-14(16)18/h3-11,19-20H,1-2H3. The Bertz CT molecular complexity index is 581. The molecule has 2 N–H and O–H groups in total. The van der Waals surface area contributed by atoms with E-state index in [2.05, 4.69) is 5.32 Å². The highest BCUT2D eigenvalue weighted by Gasteiger charge is 2.19. The maximum absolute atomic E-state index is 13.7. The minimum Gasteiger partial charge on any atom is -0.508 e. The van der Waals surface area contributed by atoms with Gasteiger partial charge in [0.05, 0.1) is 0 Å². The summed E-state index contributed by atoms with van der Waals surface area (Å²) in [5.74, 6) is -0.988. The second kappa shape index (κ2) is 6.01. The van der Waals surface area contributed by atoms with Crippen LogP contribution in [0.25, 0.3) is 0 Å². The summed E-state index contributed by atoms with van der Waals surface area (Å²) in [5, 5.41) is 12.9. The number of benzene rings is 2. The Hall–Kier alpha value is -1.94. The van der Waals surface area contributed by atoms with E-state index >= 15 is 0 Å². The Kier molecular flexibility index (Phi) is 4.35. The zero-order valence-corrected chi connectivity index (χ0v) is 11.4. The van der Waals surface area contributed by atoms with Gasteiger partial charge in [-0.15, -0.1) is 0 Å². The van der Waals surface area contributed by atoms with E-state index in [-0.39, 0.29) is 17.4 Å². The molecule has 0 radical (unpaired) electrons. The van der Waals surface area contributed by atoms with E-state index in [4.69, 9.17) is 0 Å². The van der Waals surface area contributed by atoms with Gasteiger partial charge >= 0.3 is 0 Å². The topological polar surface area (TPSA) is 32.3 Å². The molecule has 0 aliphatic heterocycles. The highest BCUT2D eigenvalue weighted by Crippen LogP contribution is 2.27. The number of halogens is 2. The van der Waals surface area contributed by atoms with Crippen LogP contribution in [0.15, 0.2) is 42.5 Å². The summed E-state index contributed by atoms with van der Waals surface area (Å²) in [6.45, 7) is 3.53. The number of nitrogens with one attached hydrogen (secondary N) is 1. The van der Waals surface area contributed by atoms with Gasteiger partial charge in [0.25, 0.3) is 0 Å². The van der Waals surface area contributed by atoms with Gasteiger partial charge in [-0.1, -0.05) is 24.3 Å². The predicted octanol–water partition coefficient (Wildman–Crippen LogP) is 4.08. The lowest BCUT2D eigenvalue weighted by molar-refractivity contribution is 0.424. The molecule has 2 nitrogen and oxygen atoms in total. The van der Waals surface area contributed by atoms with Gasteiger partial charge in [-0.2, -0.15) is 0 Å². The molecule has 0 spiro atoms. The fourth-order valence-electron chi connectivity index (χ4n) is 2.33. The number of para-hydroxylation sites is 1. The molecule has 2 aromatic carbocycles. The molecule has 2 atom stereocenters. The summed E-state index contributed by atoms with van der Waals surface area (Å²) in [6.07, 6.45) is 0. The fourth-order valence-corrected chi connectivity index (χ4v) is 2.33. The zero-order chi connectivity index (χ0) is 14.7. The van der Waals surface area contributed by atoms with Crippen LogP contribution in [0.4, 0.5) is 8.78 Å². The van der Waals surface area contributed by atoms with E-state index in [9.17, 15) is 13.9 Å². The van der Waals surface area contributed by atoms with Crippen molar-refractivity contribution in [1.29, 1.82) is 0 Å². The summed E-state index contributed by atoms with van der Waals surface area (Å²) >= 11 is 0. The van der Waals surface area contributed by atoms with Gasteiger partial charge < -0.3 is 10.4 Å². The molecule has 0 aromatic heterocycles. The number of phenolic OH excluding ortho intramolecular Hbond substituents is 1. The molecular formula is C16H17F2NO. The van der Waals surface area contributed by atoms with Crippen LogP contribution in [0.5, 0.6) is 5.75 Å².